The summed E-state index contributed by atoms with van der Waals surface area (Å²) in [5, 5.41) is 0. The molecule has 0 spiro atoms. The molecule has 0 aliphatic heterocycles. The van der Waals surface area contributed by atoms with Gasteiger partial charge in [-0.05, 0) is 25.5 Å². The Morgan fingerprint density at radius 3 is 2.50 bits per heavy atom. The van der Waals surface area contributed by atoms with Gasteiger partial charge >= 0.3 is 6.18 Å². The number of ether oxygens (including phenoxy) is 1. The van der Waals surface area contributed by atoms with Crippen molar-refractivity contribution < 1.29 is 22.3 Å². The van der Waals surface area contributed by atoms with Crippen LogP contribution in [0.5, 0.6) is 0 Å². The highest BCUT2D eigenvalue weighted by atomic mass is 19.4. The van der Waals surface area contributed by atoms with Gasteiger partial charge in [0.05, 0.1) is 18.3 Å². The van der Waals surface area contributed by atoms with E-state index in [1.807, 2.05) is 6.92 Å². The fourth-order valence-electron chi connectivity index (χ4n) is 1.69. The summed E-state index contributed by atoms with van der Waals surface area (Å²) in [5.41, 5.74) is -1.39. The van der Waals surface area contributed by atoms with Crippen LogP contribution in [-0.2, 0) is 17.5 Å². The van der Waals surface area contributed by atoms with Gasteiger partial charge in [-0.1, -0.05) is 19.4 Å². The minimum atomic E-state index is -4.56. The van der Waals surface area contributed by atoms with Crippen LogP contribution in [0.1, 0.15) is 37.8 Å². The summed E-state index contributed by atoms with van der Waals surface area (Å²) in [7, 11) is 0. The second kappa shape index (κ2) is 6.18. The van der Waals surface area contributed by atoms with E-state index in [9.17, 15) is 17.6 Å². The number of rotatable bonds is 5. The molecule has 1 aromatic rings. The predicted octanol–water partition coefficient (Wildman–Crippen LogP) is 4.55. The third-order valence-electron chi connectivity index (χ3n) is 2.63. The minimum Gasteiger partial charge on any atom is -0.374 e. The highest BCUT2D eigenvalue weighted by molar-refractivity contribution is 5.30. The van der Waals surface area contributed by atoms with Crippen LogP contribution in [0.3, 0.4) is 0 Å². The Kier molecular flexibility index (Phi) is 5.14. The lowest BCUT2D eigenvalue weighted by Crippen LogP contribution is -2.14. The highest BCUT2D eigenvalue weighted by Gasteiger charge is 2.34. The van der Waals surface area contributed by atoms with Crippen LogP contribution in [0.25, 0.3) is 0 Å². The van der Waals surface area contributed by atoms with E-state index in [0.717, 1.165) is 31.0 Å². The Morgan fingerprint density at radius 2 is 1.94 bits per heavy atom. The number of alkyl halides is 3. The van der Waals surface area contributed by atoms with Crippen molar-refractivity contribution in [1.82, 2.24) is 0 Å². The van der Waals surface area contributed by atoms with Gasteiger partial charge in [-0.3, -0.25) is 0 Å². The molecule has 1 unspecified atom stereocenters. The first-order valence-electron chi connectivity index (χ1n) is 5.82. The zero-order valence-corrected chi connectivity index (χ0v) is 10.4. The monoisotopic (exact) mass is 264 g/mol. The summed E-state index contributed by atoms with van der Waals surface area (Å²) in [6.45, 7) is 3.35. The van der Waals surface area contributed by atoms with E-state index in [0.29, 0.717) is 0 Å². The zero-order chi connectivity index (χ0) is 13.8. The molecule has 5 heteroatoms. The number of hydrogen-bond acceptors (Lipinski definition) is 1. The van der Waals surface area contributed by atoms with Crippen LogP contribution in [0.2, 0.25) is 0 Å². The molecular weight excluding hydrogens is 248 g/mol. The number of hydrogen-bond donors (Lipinski definition) is 0. The van der Waals surface area contributed by atoms with E-state index < -0.39 is 23.1 Å². The standard InChI is InChI=1S/C13H16F4O/c1-3-5-9(2)18-8-10-11(13(15,16)17)6-4-7-12(10)14/h4,6-7,9H,3,5,8H2,1-2H3. The fourth-order valence-corrected chi connectivity index (χ4v) is 1.69. The normalized spacial score (nSPS) is 13.7. The van der Waals surface area contributed by atoms with Crippen LogP contribution in [0.4, 0.5) is 17.6 Å². The molecular formula is C13H16F4O. The van der Waals surface area contributed by atoms with E-state index in [2.05, 4.69) is 0 Å². The lowest BCUT2D eigenvalue weighted by atomic mass is 10.1. The summed E-state index contributed by atoms with van der Waals surface area (Å²) >= 11 is 0. The molecule has 0 N–H and O–H groups in total. The Morgan fingerprint density at radius 1 is 1.28 bits per heavy atom. The van der Waals surface area contributed by atoms with Gasteiger partial charge in [-0.2, -0.15) is 13.2 Å². The van der Waals surface area contributed by atoms with Gasteiger partial charge in [-0.15, -0.1) is 0 Å². The Balaban J connectivity index is 2.87. The maximum Gasteiger partial charge on any atom is 0.416 e. The summed E-state index contributed by atoms with van der Waals surface area (Å²) < 4.78 is 56.7. The van der Waals surface area contributed by atoms with Gasteiger partial charge in [0.1, 0.15) is 5.82 Å². The third kappa shape index (κ3) is 3.98. The van der Waals surface area contributed by atoms with Crippen molar-refractivity contribution in [2.45, 2.75) is 45.6 Å². The van der Waals surface area contributed by atoms with Crippen molar-refractivity contribution >= 4 is 0 Å². The molecule has 1 rings (SSSR count). The van der Waals surface area contributed by atoms with Crippen molar-refractivity contribution in [3.05, 3.63) is 35.1 Å². The van der Waals surface area contributed by atoms with Crippen LogP contribution in [-0.4, -0.2) is 6.10 Å². The van der Waals surface area contributed by atoms with Crippen molar-refractivity contribution in [3.8, 4) is 0 Å². The van der Waals surface area contributed by atoms with Crippen molar-refractivity contribution in [3.63, 3.8) is 0 Å². The largest absolute Gasteiger partial charge is 0.416 e. The molecule has 1 atom stereocenters. The molecule has 0 radical (unpaired) electrons. The van der Waals surface area contributed by atoms with Crippen molar-refractivity contribution in [1.29, 1.82) is 0 Å². The van der Waals surface area contributed by atoms with Crippen LogP contribution in [0.15, 0.2) is 18.2 Å². The van der Waals surface area contributed by atoms with E-state index in [1.165, 1.54) is 0 Å². The third-order valence-corrected chi connectivity index (χ3v) is 2.63. The molecule has 0 aliphatic carbocycles. The average molecular weight is 264 g/mol. The van der Waals surface area contributed by atoms with Gasteiger partial charge in [0, 0.05) is 5.56 Å². The van der Waals surface area contributed by atoms with E-state index in [4.69, 9.17) is 4.74 Å². The molecule has 0 amide bonds. The van der Waals surface area contributed by atoms with Gasteiger partial charge in [0.15, 0.2) is 0 Å². The molecule has 102 valence electrons. The smallest absolute Gasteiger partial charge is 0.374 e. The molecule has 0 aliphatic rings. The van der Waals surface area contributed by atoms with Crippen LogP contribution < -0.4 is 0 Å². The van der Waals surface area contributed by atoms with Gasteiger partial charge < -0.3 is 4.74 Å². The first-order chi connectivity index (χ1) is 8.36. The molecule has 1 aromatic carbocycles. The lowest BCUT2D eigenvalue weighted by Gasteiger charge is -2.16. The van der Waals surface area contributed by atoms with Crippen LogP contribution >= 0.6 is 0 Å². The van der Waals surface area contributed by atoms with Crippen molar-refractivity contribution in [2.24, 2.45) is 0 Å². The first-order valence-corrected chi connectivity index (χ1v) is 5.82. The molecule has 0 heterocycles. The van der Waals surface area contributed by atoms with Gasteiger partial charge in [0.25, 0.3) is 0 Å². The molecule has 0 aromatic heterocycles. The Labute approximate surface area is 104 Å². The van der Waals surface area contributed by atoms with Gasteiger partial charge in [0.2, 0.25) is 0 Å². The topological polar surface area (TPSA) is 9.23 Å². The Hall–Kier alpha value is -1.10. The molecule has 0 saturated heterocycles. The SMILES string of the molecule is CCCC(C)OCc1c(F)cccc1C(F)(F)F. The summed E-state index contributed by atoms with van der Waals surface area (Å²) in [6, 6.07) is 2.93. The molecule has 18 heavy (non-hydrogen) atoms. The first kappa shape index (κ1) is 15.0. The maximum absolute atomic E-state index is 13.4. The summed E-state index contributed by atoms with van der Waals surface area (Å²) in [5.74, 6) is -0.881. The summed E-state index contributed by atoms with van der Waals surface area (Å²) in [4.78, 5) is 0. The maximum atomic E-state index is 13.4. The second-order valence-corrected chi connectivity index (χ2v) is 4.17. The van der Waals surface area contributed by atoms with E-state index >= 15 is 0 Å². The van der Waals surface area contributed by atoms with E-state index in [1.54, 1.807) is 6.92 Å². The lowest BCUT2D eigenvalue weighted by molar-refractivity contribution is -0.139. The predicted molar refractivity (Wildman–Crippen MR) is 60.6 cm³/mol. The average Bonchev–Trinajstić information content (AvgIpc) is 2.26. The quantitative estimate of drug-likeness (QED) is 0.709. The minimum absolute atomic E-state index is 0.185. The zero-order valence-electron chi connectivity index (χ0n) is 10.4. The van der Waals surface area contributed by atoms with Crippen LogP contribution in [0, 0.1) is 5.82 Å². The van der Waals surface area contributed by atoms with Crippen molar-refractivity contribution in [2.75, 3.05) is 0 Å². The summed E-state index contributed by atoms with van der Waals surface area (Å²) in [6.07, 6.45) is -3.15. The molecule has 0 bridgehead atoms. The molecule has 0 saturated carbocycles. The number of halogens is 4. The fraction of sp³-hybridized carbons (Fsp3) is 0.538. The Bertz CT molecular complexity index is 387. The molecule has 0 fully saturated rings. The highest BCUT2D eigenvalue weighted by Crippen LogP contribution is 2.33. The molecule has 1 nitrogen and oxygen atoms in total. The van der Waals surface area contributed by atoms with E-state index in [-0.39, 0.29) is 12.7 Å². The van der Waals surface area contributed by atoms with Gasteiger partial charge in [-0.25, -0.2) is 4.39 Å². The second-order valence-electron chi connectivity index (χ2n) is 4.17. The number of benzene rings is 1.